The fourth-order valence-electron chi connectivity index (χ4n) is 4.47. The minimum absolute atomic E-state index is 0.103. The number of unbranched alkanes of at least 4 members (excludes halogenated alkanes) is 1. The van der Waals surface area contributed by atoms with Gasteiger partial charge in [-0.05, 0) is 48.0 Å². The molecule has 0 aromatic heterocycles. The average Bonchev–Trinajstić information content (AvgIpc) is 2.39. The van der Waals surface area contributed by atoms with Gasteiger partial charge in [-0.3, -0.25) is 4.79 Å². The van der Waals surface area contributed by atoms with E-state index in [0.29, 0.717) is 0 Å². The van der Waals surface area contributed by atoms with Crippen LogP contribution in [0.5, 0.6) is 0 Å². The molecule has 2 saturated heterocycles. The molecule has 0 aromatic rings. The maximum atomic E-state index is 13.2. The Morgan fingerprint density at radius 3 is 2.10 bits per heavy atom. The van der Waals surface area contributed by atoms with Crippen LogP contribution < -0.4 is 5.32 Å². The third kappa shape index (κ3) is 3.11. The van der Waals surface area contributed by atoms with Crippen LogP contribution in [0.4, 0.5) is 0 Å². The van der Waals surface area contributed by atoms with Crippen molar-refractivity contribution >= 4 is 5.91 Å². The second kappa shape index (κ2) is 4.95. The van der Waals surface area contributed by atoms with E-state index in [1.807, 2.05) is 18.7 Å². The number of piperidine rings is 1. The number of rotatable bonds is 3. The first-order valence-corrected chi connectivity index (χ1v) is 8.25. The van der Waals surface area contributed by atoms with E-state index >= 15 is 0 Å². The van der Waals surface area contributed by atoms with Crippen molar-refractivity contribution in [3.63, 3.8) is 0 Å². The maximum Gasteiger partial charge on any atom is 0.257 e. The molecule has 0 saturated carbocycles. The van der Waals surface area contributed by atoms with Crippen molar-refractivity contribution in [1.82, 2.24) is 10.2 Å². The van der Waals surface area contributed by atoms with E-state index in [-0.39, 0.29) is 17.0 Å². The average molecular weight is 296 g/mol. The van der Waals surface area contributed by atoms with E-state index < -0.39 is 11.3 Å². The third-order valence-corrected chi connectivity index (χ3v) is 4.60. The van der Waals surface area contributed by atoms with Crippen LogP contribution >= 0.6 is 0 Å². The summed E-state index contributed by atoms with van der Waals surface area (Å²) in [5.41, 5.74) is -1.38. The van der Waals surface area contributed by atoms with Crippen molar-refractivity contribution in [2.45, 2.75) is 96.6 Å². The summed E-state index contributed by atoms with van der Waals surface area (Å²) in [6.45, 7) is 15.6. The Hall–Kier alpha value is -0.610. The standard InChI is InChI=1S/C17H32N2O2/c1-8-9-10-19-13(20)17(21-16(19,6)7)11-14(2,3)18-15(4,5)12-17/h18H,8-12H2,1-7H3. The van der Waals surface area contributed by atoms with E-state index in [4.69, 9.17) is 4.74 Å². The van der Waals surface area contributed by atoms with E-state index in [2.05, 4.69) is 39.9 Å². The van der Waals surface area contributed by atoms with Crippen molar-refractivity contribution in [3.05, 3.63) is 0 Å². The zero-order chi connectivity index (χ0) is 16.1. The Morgan fingerprint density at radius 2 is 1.62 bits per heavy atom. The van der Waals surface area contributed by atoms with Gasteiger partial charge in [0.2, 0.25) is 0 Å². The van der Waals surface area contributed by atoms with Gasteiger partial charge in [0.1, 0.15) is 5.72 Å². The van der Waals surface area contributed by atoms with Gasteiger partial charge in [0.15, 0.2) is 5.60 Å². The molecule has 1 N–H and O–H groups in total. The van der Waals surface area contributed by atoms with E-state index in [9.17, 15) is 4.79 Å². The SMILES string of the molecule is CCCCN1C(=O)C2(CC(C)(C)NC(C)(C)C2)OC1(C)C. The molecule has 122 valence electrons. The number of hydrogen-bond acceptors (Lipinski definition) is 3. The van der Waals surface area contributed by atoms with E-state index in [1.165, 1.54) is 0 Å². The summed E-state index contributed by atoms with van der Waals surface area (Å²) in [5, 5.41) is 3.64. The highest BCUT2D eigenvalue weighted by atomic mass is 16.6. The van der Waals surface area contributed by atoms with Crippen LogP contribution in [0.2, 0.25) is 0 Å². The smallest absolute Gasteiger partial charge is 0.257 e. The molecule has 2 aliphatic rings. The minimum Gasteiger partial charge on any atom is -0.340 e. The Morgan fingerprint density at radius 1 is 1.10 bits per heavy atom. The lowest BCUT2D eigenvalue weighted by atomic mass is 9.72. The van der Waals surface area contributed by atoms with Gasteiger partial charge >= 0.3 is 0 Å². The summed E-state index contributed by atoms with van der Waals surface area (Å²) in [6, 6.07) is 0. The summed E-state index contributed by atoms with van der Waals surface area (Å²) >= 11 is 0. The summed E-state index contributed by atoms with van der Waals surface area (Å²) in [5.74, 6) is 0.184. The van der Waals surface area contributed by atoms with E-state index in [1.54, 1.807) is 0 Å². The lowest BCUT2D eigenvalue weighted by molar-refractivity contribution is -0.157. The van der Waals surface area contributed by atoms with Gasteiger partial charge in [-0.25, -0.2) is 0 Å². The quantitative estimate of drug-likeness (QED) is 0.870. The van der Waals surface area contributed by atoms with Gasteiger partial charge in [0.05, 0.1) is 0 Å². The van der Waals surface area contributed by atoms with Crippen LogP contribution in [0, 0.1) is 0 Å². The molecule has 2 heterocycles. The van der Waals surface area contributed by atoms with Crippen LogP contribution in [-0.4, -0.2) is 39.8 Å². The molecule has 0 atom stereocenters. The van der Waals surface area contributed by atoms with Crippen molar-refractivity contribution < 1.29 is 9.53 Å². The Bertz CT molecular complexity index is 411. The lowest BCUT2D eigenvalue weighted by Gasteiger charge is -2.50. The van der Waals surface area contributed by atoms with Crippen molar-refractivity contribution in [1.29, 1.82) is 0 Å². The molecule has 0 bridgehead atoms. The number of ether oxygens (including phenoxy) is 1. The Balaban J connectivity index is 2.33. The predicted molar refractivity (Wildman–Crippen MR) is 85.0 cm³/mol. The number of hydrogen-bond donors (Lipinski definition) is 1. The molecule has 2 rings (SSSR count). The maximum absolute atomic E-state index is 13.2. The molecule has 21 heavy (non-hydrogen) atoms. The van der Waals surface area contributed by atoms with Gasteiger partial charge in [-0.2, -0.15) is 0 Å². The zero-order valence-corrected chi connectivity index (χ0v) is 14.8. The largest absolute Gasteiger partial charge is 0.340 e. The highest BCUT2D eigenvalue weighted by molar-refractivity contribution is 5.88. The highest BCUT2D eigenvalue weighted by Gasteiger charge is 2.61. The third-order valence-electron chi connectivity index (χ3n) is 4.60. The number of amides is 1. The molecule has 0 unspecified atom stereocenters. The Labute approximate surface area is 129 Å². The molecule has 1 amide bonds. The molecular formula is C17H32N2O2. The van der Waals surface area contributed by atoms with Gasteiger partial charge < -0.3 is 15.0 Å². The number of carbonyl (C=O) groups is 1. The first-order chi connectivity index (χ1) is 9.43. The highest BCUT2D eigenvalue weighted by Crippen LogP contribution is 2.47. The second-order valence-corrected chi connectivity index (χ2v) is 8.60. The van der Waals surface area contributed by atoms with E-state index in [0.717, 1.165) is 32.2 Å². The molecule has 2 fully saturated rings. The second-order valence-electron chi connectivity index (χ2n) is 8.60. The molecular weight excluding hydrogens is 264 g/mol. The Kier molecular flexibility index (Phi) is 3.95. The molecule has 2 aliphatic heterocycles. The van der Waals surface area contributed by atoms with Crippen LogP contribution in [0.1, 0.15) is 74.1 Å². The summed E-state index contributed by atoms with van der Waals surface area (Å²) < 4.78 is 6.41. The zero-order valence-electron chi connectivity index (χ0n) is 14.8. The van der Waals surface area contributed by atoms with Crippen LogP contribution in [0.3, 0.4) is 0 Å². The van der Waals surface area contributed by atoms with Crippen molar-refractivity contribution in [3.8, 4) is 0 Å². The normalized spacial score (nSPS) is 29.1. The monoisotopic (exact) mass is 296 g/mol. The molecule has 4 heteroatoms. The van der Waals surface area contributed by atoms with Gasteiger partial charge in [0.25, 0.3) is 5.91 Å². The molecule has 0 aliphatic carbocycles. The summed E-state index contributed by atoms with van der Waals surface area (Å²) in [4.78, 5) is 15.1. The predicted octanol–water partition coefficient (Wildman–Crippen LogP) is 3.06. The van der Waals surface area contributed by atoms with Crippen molar-refractivity contribution in [2.75, 3.05) is 6.54 Å². The molecule has 0 aromatic carbocycles. The summed E-state index contributed by atoms with van der Waals surface area (Å²) in [6.07, 6.45) is 3.58. The van der Waals surface area contributed by atoms with Crippen molar-refractivity contribution in [2.24, 2.45) is 0 Å². The first kappa shape index (κ1) is 16.8. The molecule has 4 nitrogen and oxygen atoms in total. The number of carbonyl (C=O) groups excluding carboxylic acids is 1. The van der Waals surface area contributed by atoms with Gasteiger partial charge in [-0.15, -0.1) is 0 Å². The fraction of sp³-hybridized carbons (Fsp3) is 0.941. The number of nitrogens with one attached hydrogen (secondary N) is 1. The summed E-state index contributed by atoms with van der Waals surface area (Å²) in [7, 11) is 0. The topological polar surface area (TPSA) is 41.6 Å². The lowest BCUT2D eigenvalue weighted by Crippen LogP contribution is -2.65. The fourth-order valence-corrected chi connectivity index (χ4v) is 4.47. The minimum atomic E-state index is -0.671. The first-order valence-electron chi connectivity index (χ1n) is 8.25. The van der Waals surface area contributed by atoms with Gasteiger partial charge in [-0.1, -0.05) is 13.3 Å². The van der Waals surface area contributed by atoms with Crippen LogP contribution in [0.15, 0.2) is 0 Å². The van der Waals surface area contributed by atoms with Gasteiger partial charge in [0, 0.05) is 30.5 Å². The van der Waals surface area contributed by atoms with Crippen LogP contribution in [0.25, 0.3) is 0 Å². The number of nitrogens with zero attached hydrogens (tertiary/aromatic N) is 1. The molecule has 1 spiro atoms. The molecule has 0 radical (unpaired) electrons. The van der Waals surface area contributed by atoms with Crippen LogP contribution in [-0.2, 0) is 9.53 Å².